The molecule has 0 bridgehead atoms. The van der Waals surface area contributed by atoms with Crippen LogP contribution in [0.15, 0.2) is 0 Å². The van der Waals surface area contributed by atoms with Gasteiger partial charge in [0.1, 0.15) is 0 Å². The Balaban J connectivity index is 1.69. The van der Waals surface area contributed by atoms with Gasteiger partial charge < -0.3 is 14.2 Å². The predicted molar refractivity (Wildman–Crippen MR) is 41.8 cm³/mol. The highest BCUT2D eigenvalue weighted by atomic mass is 16.7. The van der Waals surface area contributed by atoms with Crippen molar-refractivity contribution in [1.29, 1.82) is 0 Å². The van der Waals surface area contributed by atoms with Gasteiger partial charge in [0.15, 0.2) is 5.79 Å². The van der Waals surface area contributed by atoms with Crippen molar-refractivity contribution in [1.82, 2.24) is 0 Å². The van der Waals surface area contributed by atoms with E-state index in [2.05, 4.69) is 0 Å². The summed E-state index contributed by atoms with van der Waals surface area (Å²) in [6.45, 7) is 2.50. The van der Waals surface area contributed by atoms with Gasteiger partial charge in [0.2, 0.25) is 0 Å². The van der Waals surface area contributed by atoms with Crippen LogP contribution in [0.3, 0.4) is 0 Å². The lowest BCUT2D eigenvalue weighted by atomic mass is 9.85. The SMILES string of the molecule is C1COC2(CCC3(CC2)CO3)O1. The first-order chi connectivity index (χ1) is 5.83. The van der Waals surface area contributed by atoms with E-state index in [1.165, 1.54) is 0 Å². The quantitative estimate of drug-likeness (QED) is 0.509. The van der Waals surface area contributed by atoms with Crippen LogP contribution in [0.4, 0.5) is 0 Å². The molecule has 2 spiro atoms. The van der Waals surface area contributed by atoms with Crippen molar-refractivity contribution >= 4 is 0 Å². The van der Waals surface area contributed by atoms with Crippen LogP contribution in [-0.4, -0.2) is 31.2 Å². The maximum Gasteiger partial charge on any atom is 0.168 e. The second-order valence-electron chi connectivity index (χ2n) is 4.08. The molecule has 3 rings (SSSR count). The van der Waals surface area contributed by atoms with Gasteiger partial charge in [0, 0.05) is 12.8 Å². The minimum atomic E-state index is -0.211. The largest absolute Gasteiger partial charge is 0.370 e. The molecule has 1 aliphatic carbocycles. The molecule has 1 saturated carbocycles. The molecular formula is C9H14O3. The van der Waals surface area contributed by atoms with Crippen LogP contribution in [0.25, 0.3) is 0 Å². The summed E-state index contributed by atoms with van der Waals surface area (Å²) in [6, 6.07) is 0. The molecular weight excluding hydrogens is 156 g/mol. The van der Waals surface area contributed by atoms with Gasteiger partial charge in [0.25, 0.3) is 0 Å². The summed E-state index contributed by atoms with van der Waals surface area (Å²) in [5.74, 6) is -0.211. The summed E-state index contributed by atoms with van der Waals surface area (Å²) >= 11 is 0. The van der Waals surface area contributed by atoms with Crippen LogP contribution in [0.5, 0.6) is 0 Å². The Hall–Kier alpha value is -0.120. The van der Waals surface area contributed by atoms with E-state index in [9.17, 15) is 0 Å². The first-order valence-corrected chi connectivity index (χ1v) is 4.75. The fourth-order valence-electron chi connectivity index (χ4n) is 2.26. The zero-order valence-electron chi connectivity index (χ0n) is 7.17. The average molecular weight is 170 g/mol. The van der Waals surface area contributed by atoms with E-state index in [0.717, 1.165) is 45.5 Å². The van der Waals surface area contributed by atoms with Gasteiger partial charge in [-0.1, -0.05) is 0 Å². The molecule has 0 aromatic rings. The molecule has 0 amide bonds. The highest BCUT2D eigenvalue weighted by Crippen LogP contribution is 2.47. The van der Waals surface area contributed by atoms with Crippen molar-refractivity contribution in [2.45, 2.75) is 37.1 Å². The van der Waals surface area contributed by atoms with Crippen molar-refractivity contribution in [2.75, 3.05) is 19.8 Å². The average Bonchev–Trinajstić information content (AvgIpc) is 2.72. The van der Waals surface area contributed by atoms with E-state index in [1.54, 1.807) is 0 Å². The first kappa shape index (κ1) is 7.30. The van der Waals surface area contributed by atoms with E-state index < -0.39 is 0 Å². The fourth-order valence-corrected chi connectivity index (χ4v) is 2.26. The number of epoxide rings is 1. The van der Waals surface area contributed by atoms with Gasteiger partial charge in [-0.3, -0.25) is 0 Å². The van der Waals surface area contributed by atoms with Crippen LogP contribution >= 0.6 is 0 Å². The zero-order valence-corrected chi connectivity index (χ0v) is 7.17. The molecule has 2 heterocycles. The van der Waals surface area contributed by atoms with Crippen LogP contribution in [-0.2, 0) is 14.2 Å². The minimum Gasteiger partial charge on any atom is -0.370 e. The third-order valence-corrected chi connectivity index (χ3v) is 3.29. The summed E-state index contributed by atoms with van der Waals surface area (Å²) in [5.41, 5.74) is 0.251. The van der Waals surface area contributed by atoms with Crippen LogP contribution < -0.4 is 0 Å². The molecule has 0 unspecified atom stereocenters. The monoisotopic (exact) mass is 170 g/mol. The van der Waals surface area contributed by atoms with E-state index in [1.807, 2.05) is 0 Å². The number of hydrogen-bond donors (Lipinski definition) is 0. The fraction of sp³-hybridized carbons (Fsp3) is 1.00. The summed E-state index contributed by atoms with van der Waals surface area (Å²) in [6.07, 6.45) is 4.28. The topological polar surface area (TPSA) is 31.0 Å². The Bertz CT molecular complexity index is 180. The summed E-state index contributed by atoms with van der Waals surface area (Å²) in [4.78, 5) is 0. The lowest BCUT2D eigenvalue weighted by Crippen LogP contribution is -2.38. The standard InChI is InChI=1S/C9H14O3/c1-3-9(10-5-6-11-9)4-2-8(1)7-12-8/h1-7H2. The van der Waals surface area contributed by atoms with Crippen LogP contribution in [0.1, 0.15) is 25.7 Å². The highest BCUT2D eigenvalue weighted by Gasteiger charge is 2.53. The van der Waals surface area contributed by atoms with Gasteiger partial charge in [-0.2, -0.15) is 0 Å². The van der Waals surface area contributed by atoms with Gasteiger partial charge in [-0.25, -0.2) is 0 Å². The second-order valence-corrected chi connectivity index (χ2v) is 4.08. The van der Waals surface area contributed by atoms with Crippen molar-refractivity contribution in [3.05, 3.63) is 0 Å². The molecule has 12 heavy (non-hydrogen) atoms. The molecule has 68 valence electrons. The number of hydrogen-bond acceptors (Lipinski definition) is 3. The van der Waals surface area contributed by atoms with E-state index >= 15 is 0 Å². The van der Waals surface area contributed by atoms with Crippen molar-refractivity contribution < 1.29 is 14.2 Å². The second kappa shape index (κ2) is 2.22. The van der Waals surface area contributed by atoms with Gasteiger partial charge >= 0.3 is 0 Å². The predicted octanol–water partition coefficient (Wildman–Crippen LogP) is 1.07. The molecule has 0 aromatic carbocycles. The summed E-state index contributed by atoms with van der Waals surface area (Å²) < 4.78 is 16.7. The van der Waals surface area contributed by atoms with E-state index in [-0.39, 0.29) is 11.4 Å². The molecule has 0 radical (unpaired) electrons. The molecule has 3 fully saturated rings. The summed E-state index contributed by atoms with van der Waals surface area (Å²) in [7, 11) is 0. The van der Waals surface area contributed by atoms with Crippen molar-refractivity contribution in [2.24, 2.45) is 0 Å². The third-order valence-electron chi connectivity index (χ3n) is 3.29. The molecule has 2 saturated heterocycles. The molecule has 3 heteroatoms. The Labute approximate surface area is 72.0 Å². The minimum absolute atomic E-state index is 0.211. The lowest BCUT2D eigenvalue weighted by Gasteiger charge is -2.33. The lowest BCUT2D eigenvalue weighted by molar-refractivity contribution is -0.183. The molecule has 0 aromatic heterocycles. The number of rotatable bonds is 0. The molecule has 3 nitrogen and oxygen atoms in total. The molecule has 0 atom stereocenters. The molecule has 0 N–H and O–H groups in total. The summed E-state index contributed by atoms with van der Waals surface area (Å²) in [5, 5.41) is 0. The smallest absolute Gasteiger partial charge is 0.168 e. The Morgan fingerprint density at radius 2 is 1.33 bits per heavy atom. The van der Waals surface area contributed by atoms with Gasteiger partial charge in [0.05, 0.1) is 25.4 Å². The van der Waals surface area contributed by atoms with E-state index in [0.29, 0.717) is 0 Å². The number of ether oxygens (including phenoxy) is 3. The van der Waals surface area contributed by atoms with Gasteiger partial charge in [-0.05, 0) is 12.8 Å². The maximum atomic E-state index is 5.62. The molecule has 3 aliphatic rings. The highest BCUT2D eigenvalue weighted by molar-refractivity contribution is 4.99. The molecule has 2 aliphatic heterocycles. The Morgan fingerprint density at radius 1 is 0.750 bits per heavy atom. The Kier molecular flexibility index (Phi) is 1.35. The van der Waals surface area contributed by atoms with Crippen molar-refractivity contribution in [3.8, 4) is 0 Å². The third kappa shape index (κ3) is 1.00. The van der Waals surface area contributed by atoms with Crippen molar-refractivity contribution in [3.63, 3.8) is 0 Å². The van der Waals surface area contributed by atoms with Crippen LogP contribution in [0.2, 0.25) is 0 Å². The van der Waals surface area contributed by atoms with Gasteiger partial charge in [-0.15, -0.1) is 0 Å². The zero-order chi connectivity index (χ0) is 8.07. The van der Waals surface area contributed by atoms with Crippen LogP contribution in [0, 0.1) is 0 Å². The first-order valence-electron chi connectivity index (χ1n) is 4.75. The normalized spacial score (nSPS) is 36.0. The van der Waals surface area contributed by atoms with E-state index in [4.69, 9.17) is 14.2 Å². The maximum absolute atomic E-state index is 5.62. The Morgan fingerprint density at radius 3 is 1.83 bits per heavy atom.